The molecule has 0 saturated carbocycles. The van der Waals surface area contributed by atoms with Crippen molar-refractivity contribution < 1.29 is 9.18 Å². The van der Waals surface area contributed by atoms with E-state index in [1.54, 1.807) is 24.3 Å². The van der Waals surface area contributed by atoms with Gasteiger partial charge in [0.1, 0.15) is 5.82 Å². The lowest BCUT2D eigenvalue weighted by Gasteiger charge is -2.09. The van der Waals surface area contributed by atoms with Crippen molar-refractivity contribution in [3.8, 4) is 11.1 Å². The monoisotopic (exact) mass is 263 g/mol. The normalized spacial score (nSPS) is 10.4. The van der Waals surface area contributed by atoms with E-state index in [4.69, 9.17) is 17.3 Å². The first-order valence-corrected chi connectivity index (χ1v) is 5.72. The minimum absolute atomic E-state index is 0.305. The van der Waals surface area contributed by atoms with Crippen LogP contribution in [0.15, 0.2) is 36.4 Å². The van der Waals surface area contributed by atoms with Crippen LogP contribution in [0.5, 0.6) is 0 Å². The van der Waals surface area contributed by atoms with Crippen LogP contribution in [0.25, 0.3) is 11.1 Å². The van der Waals surface area contributed by atoms with Crippen LogP contribution < -0.4 is 5.73 Å². The lowest BCUT2D eigenvalue weighted by molar-refractivity contribution is 0.100. The molecule has 0 spiro atoms. The van der Waals surface area contributed by atoms with Crippen molar-refractivity contribution in [2.75, 3.05) is 0 Å². The summed E-state index contributed by atoms with van der Waals surface area (Å²) in [7, 11) is 0. The van der Waals surface area contributed by atoms with Crippen LogP contribution in [0.2, 0.25) is 5.02 Å². The number of amides is 1. The molecule has 0 radical (unpaired) electrons. The van der Waals surface area contributed by atoms with E-state index in [1.807, 2.05) is 6.92 Å². The summed E-state index contributed by atoms with van der Waals surface area (Å²) in [5, 5.41) is 0.305. The molecule has 0 aliphatic rings. The molecule has 0 aromatic heterocycles. The molecular formula is C14H11ClFNO. The van der Waals surface area contributed by atoms with Gasteiger partial charge in [-0.2, -0.15) is 0 Å². The molecule has 1 amide bonds. The summed E-state index contributed by atoms with van der Waals surface area (Å²) in [4.78, 5) is 11.2. The highest BCUT2D eigenvalue weighted by molar-refractivity contribution is 6.33. The fourth-order valence-electron chi connectivity index (χ4n) is 1.77. The van der Waals surface area contributed by atoms with Crippen LogP contribution >= 0.6 is 11.6 Å². The molecule has 0 aliphatic heterocycles. The van der Waals surface area contributed by atoms with Gasteiger partial charge in [0.15, 0.2) is 0 Å². The highest BCUT2D eigenvalue weighted by Crippen LogP contribution is 2.31. The molecule has 0 fully saturated rings. The van der Waals surface area contributed by atoms with Crippen LogP contribution in [0.3, 0.4) is 0 Å². The Hall–Kier alpha value is -1.87. The molecule has 0 saturated heterocycles. The van der Waals surface area contributed by atoms with E-state index >= 15 is 0 Å². The van der Waals surface area contributed by atoms with Gasteiger partial charge in [-0.25, -0.2) is 4.39 Å². The van der Waals surface area contributed by atoms with Gasteiger partial charge in [0.05, 0.1) is 5.02 Å². The second kappa shape index (κ2) is 4.78. The Balaban J connectivity index is 2.62. The first kappa shape index (κ1) is 12.6. The van der Waals surface area contributed by atoms with Crippen LogP contribution in [0.4, 0.5) is 4.39 Å². The zero-order valence-corrected chi connectivity index (χ0v) is 10.5. The Morgan fingerprint density at radius 1 is 1.17 bits per heavy atom. The molecule has 92 valence electrons. The third-order valence-electron chi connectivity index (χ3n) is 2.74. The summed E-state index contributed by atoms with van der Waals surface area (Å²) in [5.41, 5.74) is 8.03. The average Bonchev–Trinajstić information content (AvgIpc) is 2.30. The second-order valence-corrected chi connectivity index (χ2v) is 4.43. The summed E-state index contributed by atoms with van der Waals surface area (Å²) in [6, 6.07) is 9.26. The molecule has 18 heavy (non-hydrogen) atoms. The van der Waals surface area contributed by atoms with Crippen molar-refractivity contribution in [3.05, 3.63) is 58.4 Å². The minimum atomic E-state index is -0.505. The van der Waals surface area contributed by atoms with Gasteiger partial charge in [-0.05, 0) is 48.4 Å². The standard InChI is InChI=1S/C14H11ClFNO/c1-8-2-3-9(14(17)18)6-12(8)11-5-4-10(16)7-13(11)15/h2-7H,1H3,(H2,17,18). The number of carbonyl (C=O) groups excluding carboxylic acids is 1. The van der Waals surface area contributed by atoms with E-state index in [1.165, 1.54) is 12.1 Å². The van der Waals surface area contributed by atoms with E-state index in [2.05, 4.69) is 0 Å². The molecule has 4 heteroatoms. The SMILES string of the molecule is Cc1ccc(C(N)=O)cc1-c1ccc(F)cc1Cl. The third-order valence-corrected chi connectivity index (χ3v) is 3.06. The molecule has 0 atom stereocenters. The fourth-order valence-corrected chi connectivity index (χ4v) is 2.04. The largest absolute Gasteiger partial charge is 0.366 e. The molecular weight excluding hydrogens is 253 g/mol. The van der Waals surface area contributed by atoms with Crippen molar-refractivity contribution in [3.63, 3.8) is 0 Å². The Morgan fingerprint density at radius 3 is 2.50 bits per heavy atom. The molecule has 0 unspecified atom stereocenters. The average molecular weight is 264 g/mol. The van der Waals surface area contributed by atoms with Crippen molar-refractivity contribution >= 4 is 17.5 Å². The van der Waals surface area contributed by atoms with Crippen molar-refractivity contribution in [1.29, 1.82) is 0 Å². The number of hydrogen-bond acceptors (Lipinski definition) is 1. The van der Waals surface area contributed by atoms with Gasteiger partial charge in [0, 0.05) is 11.1 Å². The van der Waals surface area contributed by atoms with E-state index in [-0.39, 0.29) is 0 Å². The van der Waals surface area contributed by atoms with Crippen molar-refractivity contribution in [1.82, 2.24) is 0 Å². The number of aryl methyl sites for hydroxylation is 1. The number of benzene rings is 2. The van der Waals surface area contributed by atoms with Gasteiger partial charge in [0.2, 0.25) is 5.91 Å². The first-order chi connectivity index (χ1) is 8.49. The summed E-state index contributed by atoms with van der Waals surface area (Å²) >= 11 is 6.01. The zero-order chi connectivity index (χ0) is 13.3. The minimum Gasteiger partial charge on any atom is -0.366 e. The smallest absolute Gasteiger partial charge is 0.248 e. The maximum absolute atomic E-state index is 13.0. The van der Waals surface area contributed by atoms with Gasteiger partial charge in [0.25, 0.3) is 0 Å². The van der Waals surface area contributed by atoms with E-state index in [9.17, 15) is 9.18 Å². The maximum Gasteiger partial charge on any atom is 0.248 e. The van der Waals surface area contributed by atoms with Crippen LogP contribution in [0.1, 0.15) is 15.9 Å². The lowest BCUT2D eigenvalue weighted by atomic mass is 9.98. The molecule has 2 aromatic rings. The van der Waals surface area contributed by atoms with Gasteiger partial charge in [-0.15, -0.1) is 0 Å². The van der Waals surface area contributed by atoms with Crippen LogP contribution in [0, 0.1) is 12.7 Å². The third kappa shape index (κ3) is 2.36. The quantitative estimate of drug-likeness (QED) is 0.885. The Morgan fingerprint density at radius 2 is 1.89 bits per heavy atom. The molecule has 2 aromatic carbocycles. The number of rotatable bonds is 2. The van der Waals surface area contributed by atoms with Gasteiger partial charge < -0.3 is 5.73 Å². The summed E-state index contributed by atoms with van der Waals surface area (Å²) in [6.45, 7) is 1.89. The topological polar surface area (TPSA) is 43.1 Å². The first-order valence-electron chi connectivity index (χ1n) is 5.35. The Bertz CT molecular complexity index is 625. The molecule has 2 rings (SSSR count). The summed E-state index contributed by atoms with van der Waals surface area (Å²) < 4.78 is 13.0. The fraction of sp³-hybridized carbons (Fsp3) is 0.0714. The number of hydrogen-bond donors (Lipinski definition) is 1. The predicted octanol–water partition coefficient (Wildman–Crippen LogP) is 3.55. The maximum atomic E-state index is 13.0. The number of nitrogens with two attached hydrogens (primary N) is 1. The van der Waals surface area contributed by atoms with Gasteiger partial charge in [-0.3, -0.25) is 4.79 Å². The summed E-state index contributed by atoms with van der Waals surface area (Å²) in [6.07, 6.45) is 0. The summed E-state index contributed by atoms with van der Waals surface area (Å²) in [5.74, 6) is -0.901. The van der Waals surface area contributed by atoms with E-state index in [0.29, 0.717) is 16.1 Å². The predicted molar refractivity (Wildman–Crippen MR) is 70.1 cm³/mol. The highest BCUT2D eigenvalue weighted by atomic mass is 35.5. The van der Waals surface area contributed by atoms with Gasteiger partial charge in [-0.1, -0.05) is 17.7 Å². The Labute approximate surface area is 109 Å². The number of primary amides is 1. The van der Waals surface area contributed by atoms with Crippen molar-refractivity contribution in [2.24, 2.45) is 5.73 Å². The van der Waals surface area contributed by atoms with Gasteiger partial charge >= 0.3 is 0 Å². The van der Waals surface area contributed by atoms with E-state index in [0.717, 1.165) is 11.1 Å². The molecule has 0 heterocycles. The van der Waals surface area contributed by atoms with Crippen LogP contribution in [-0.2, 0) is 0 Å². The molecule has 0 aliphatic carbocycles. The Kier molecular flexibility index (Phi) is 3.34. The molecule has 0 bridgehead atoms. The number of halogens is 2. The van der Waals surface area contributed by atoms with Crippen molar-refractivity contribution in [2.45, 2.75) is 6.92 Å². The highest BCUT2D eigenvalue weighted by Gasteiger charge is 2.10. The second-order valence-electron chi connectivity index (χ2n) is 4.02. The lowest BCUT2D eigenvalue weighted by Crippen LogP contribution is -2.11. The number of carbonyl (C=O) groups is 1. The van der Waals surface area contributed by atoms with Crippen LogP contribution in [-0.4, -0.2) is 5.91 Å². The zero-order valence-electron chi connectivity index (χ0n) is 9.71. The molecule has 2 nitrogen and oxygen atoms in total. The molecule has 2 N–H and O–H groups in total. The van der Waals surface area contributed by atoms with E-state index < -0.39 is 11.7 Å².